The van der Waals surface area contributed by atoms with E-state index in [1.54, 1.807) is 12.4 Å². The van der Waals surface area contributed by atoms with Gasteiger partial charge in [0.15, 0.2) is 0 Å². The third kappa shape index (κ3) is 5.48. The zero-order valence-corrected chi connectivity index (χ0v) is 23.6. The summed E-state index contributed by atoms with van der Waals surface area (Å²) < 4.78 is 2.15. The average molecular weight is 664 g/mol. The normalized spacial score (nSPS) is 11.9. The van der Waals surface area contributed by atoms with Crippen molar-refractivity contribution in [3.63, 3.8) is 0 Å². The van der Waals surface area contributed by atoms with Crippen molar-refractivity contribution in [2.45, 2.75) is 20.8 Å². The number of nitrogens with zero attached hydrogens (tertiary/aromatic N) is 6. The van der Waals surface area contributed by atoms with Gasteiger partial charge in [-0.3, -0.25) is 4.98 Å². The molecule has 0 fully saturated rings. The largest absolute Gasteiger partial charge is 3.00 e. The van der Waals surface area contributed by atoms with E-state index >= 15 is 0 Å². The fraction of sp³-hybridized carbons (Fsp3) is 0.133. The van der Waals surface area contributed by atoms with E-state index in [4.69, 9.17) is 0 Å². The predicted molar refractivity (Wildman–Crippen MR) is 144 cm³/mol. The van der Waals surface area contributed by atoms with Crippen LogP contribution in [0.2, 0.25) is 0 Å². The van der Waals surface area contributed by atoms with Crippen LogP contribution in [0.1, 0.15) is 16.7 Å². The van der Waals surface area contributed by atoms with Crippen molar-refractivity contribution >= 4 is 17.3 Å². The summed E-state index contributed by atoms with van der Waals surface area (Å²) in [6, 6.07) is 26.6. The molecule has 0 atom stereocenters. The number of imidazole rings is 1. The van der Waals surface area contributed by atoms with Crippen LogP contribution in [0.15, 0.2) is 85.5 Å². The Labute approximate surface area is 232 Å². The van der Waals surface area contributed by atoms with E-state index in [2.05, 4.69) is 64.6 Å². The van der Waals surface area contributed by atoms with Gasteiger partial charge in [0.2, 0.25) is 0 Å². The molecule has 6 rings (SSSR count). The van der Waals surface area contributed by atoms with Crippen LogP contribution in [-0.4, -0.2) is 26.6 Å². The van der Waals surface area contributed by atoms with Crippen LogP contribution in [0.3, 0.4) is 0 Å². The van der Waals surface area contributed by atoms with Gasteiger partial charge in [0, 0.05) is 30.5 Å². The fourth-order valence-electron chi connectivity index (χ4n) is 4.50. The Morgan fingerprint density at radius 2 is 1.46 bits per heavy atom. The molecule has 186 valence electrons. The van der Waals surface area contributed by atoms with Gasteiger partial charge < -0.3 is 14.4 Å². The quantitative estimate of drug-likeness (QED) is 0.214. The molecule has 6 nitrogen and oxygen atoms in total. The first-order valence-electron chi connectivity index (χ1n) is 11.8. The summed E-state index contributed by atoms with van der Waals surface area (Å²) in [6.45, 7) is 8.38. The monoisotopic (exact) mass is 664 g/mol. The summed E-state index contributed by atoms with van der Waals surface area (Å²) in [7, 11) is 1.95. The van der Waals surface area contributed by atoms with E-state index in [0.717, 1.165) is 28.7 Å². The van der Waals surface area contributed by atoms with Crippen molar-refractivity contribution in [2.24, 2.45) is 0 Å². The average Bonchev–Trinajstić information content (AvgIpc) is 3.50. The number of aryl methyl sites for hydroxylation is 3. The second-order valence-electron chi connectivity index (χ2n) is 8.69. The van der Waals surface area contributed by atoms with E-state index in [0.29, 0.717) is 0 Å². The fourth-order valence-corrected chi connectivity index (χ4v) is 4.50. The maximum absolute atomic E-state index is 4.50. The summed E-state index contributed by atoms with van der Waals surface area (Å²) in [4.78, 5) is 17.1. The Hall–Kier alpha value is -3.80. The molecule has 0 N–H and O–H groups in total. The molecule has 0 aliphatic carbocycles. The van der Waals surface area contributed by atoms with Gasteiger partial charge in [-0.1, -0.05) is 17.7 Å². The second kappa shape index (κ2) is 11.5. The van der Waals surface area contributed by atoms with Crippen molar-refractivity contribution in [3.05, 3.63) is 121 Å². The predicted octanol–water partition coefficient (Wildman–Crippen LogP) is 6.25. The van der Waals surface area contributed by atoms with Crippen LogP contribution in [0, 0.1) is 39.6 Å². The first-order chi connectivity index (χ1) is 17.5. The Bertz CT molecular complexity index is 1440. The Morgan fingerprint density at radius 3 is 2.11 bits per heavy atom. The van der Waals surface area contributed by atoms with Gasteiger partial charge in [-0.15, -0.1) is 48.3 Å². The summed E-state index contributed by atoms with van der Waals surface area (Å²) in [5.41, 5.74) is 7.00. The molecule has 0 saturated heterocycles. The topological polar surface area (TPSA) is 50.1 Å². The van der Waals surface area contributed by atoms with Gasteiger partial charge in [0.25, 0.3) is 0 Å². The van der Waals surface area contributed by atoms with Gasteiger partial charge in [-0.05, 0) is 38.9 Å². The molecule has 7 heteroatoms. The first-order valence-corrected chi connectivity index (χ1v) is 11.8. The maximum Gasteiger partial charge on any atom is 3.00 e. The smallest absolute Gasteiger partial charge is 0.487 e. The van der Waals surface area contributed by atoms with Crippen LogP contribution in [0.25, 0.3) is 17.1 Å². The van der Waals surface area contributed by atoms with Crippen LogP contribution >= 0.6 is 0 Å². The number of fused-ring (bicyclic) bond motifs is 1. The molecule has 0 unspecified atom stereocenters. The summed E-state index contributed by atoms with van der Waals surface area (Å²) in [5.74, 6) is 2.63. The molecule has 0 saturated carbocycles. The zero-order chi connectivity index (χ0) is 25.1. The van der Waals surface area contributed by atoms with Crippen LogP contribution in [-0.2, 0) is 20.1 Å². The van der Waals surface area contributed by atoms with Crippen molar-refractivity contribution in [2.75, 3.05) is 16.8 Å². The third-order valence-corrected chi connectivity index (χ3v) is 5.93. The minimum atomic E-state index is 0. The molecular formula is C30H27IrN6. The van der Waals surface area contributed by atoms with Gasteiger partial charge in [-0.2, -0.15) is 30.3 Å². The summed E-state index contributed by atoms with van der Waals surface area (Å²) in [5, 5.41) is 0. The van der Waals surface area contributed by atoms with Crippen LogP contribution in [0.5, 0.6) is 0 Å². The van der Waals surface area contributed by atoms with Gasteiger partial charge in [-0.25, -0.2) is 9.97 Å². The molecule has 0 spiro atoms. The van der Waals surface area contributed by atoms with Crippen molar-refractivity contribution in [3.8, 4) is 17.1 Å². The van der Waals surface area contributed by atoms with Crippen LogP contribution < -0.4 is 9.80 Å². The molecule has 37 heavy (non-hydrogen) atoms. The SMILES string of the molecule is CN1[CH-]N(c2[c-]cccc2)c2nccnc21.Cc1cc(C)c(-n2ccnc2-c2[c-]cccc2)c(C)c1.[Ir+3]. The molecule has 5 aromatic rings. The van der Waals surface area contributed by atoms with E-state index in [9.17, 15) is 0 Å². The molecule has 2 aromatic heterocycles. The molecule has 3 heterocycles. The molecule has 1 aliphatic heterocycles. The first kappa shape index (κ1) is 26.3. The Balaban J connectivity index is 0.000000172. The second-order valence-corrected chi connectivity index (χ2v) is 8.69. The number of hydrogen-bond donors (Lipinski definition) is 0. The van der Waals surface area contributed by atoms with Crippen molar-refractivity contribution in [1.82, 2.24) is 19.5 Å². The van der Waals surface area contributed by atoms with E-state index in [-0.39, 0.29) is 20.1 Å². The minimum absolute atomic E-state index is 0. The number of rotatable bonds is 3. The zero-order valence-electron chi connectivity index (χ0n) is 21.2. The maximum atomic E-state index is 4.50. The number of hydrogen-bond acceptors (Lipinski definition) is 5. The van der Waals surface area contributed by atoms with E-state index in [1.165, 1.54) is 22.4 Å². The molecule has 0 bridgehead atoms. The Morgan fingerprint density at radius 1 is 0.784 bits per heavy atom. The van der Waals surface area contributed by atoms with Gasteiger partial charge in [0.1, 0.15) is 11.6 Å². The van der Waals surface area contributed by atoms with E-state index < -0.39 is 0 Å². The van der Waals surface area contributed by atoms with Crippen molar-refractivity contribution < 1.29 is 20.1 Å². The number of para-hydroxylation sites is 1. The standard InChI is InChI=1S/C18H17N2.C12H10N4.Ir/c1-13-11-14(2)17(15(3)12-13)20-10-9-19-18(20)16-7-5-4-6-8-16;1-15-9-16(10-5-3-2-4-6-10)12-11(15)13-7-8-14-12;/h4-7,9-12H,1-3H3;2-5,7-9H,1H3;/q-1;-2;+3. The third-order valence-electron chi connectivity index (χ3n) is 5.93. The molecule has 0 radical (unpaired) electrons. The van der Waals surface area contributed by atoms with Gasteiger partial charge >= 0.3 is 20.1 Å². The number of anilines is 3. The summed E-state index contributed by atoms with van der Waals surface area (Å²) >= 11 is 0. The van der Waals surface area contributed by atoms with Gasteiger partial charge in [0.05, 0.1) is 5.82 Å². The van der Waals surface area contributed by atoms with Crippen LogP contribution in [0.4, 0.5) is 17.3 Å². The van der Waals surface area contributed by atoms with E-state index in [1.807, 2.05) is 84.4 Å². The van der Waals surface area contributed by atoms with Crippen molar-refractivity contribution in [1.29, 1.82) is 0 Å². The summed E-state index contributed by atoms with van der Waals surface area (Å²) in [6.07, 6.45) is 7.25. The Kier molecular flexibility index (Phi) is 8.17. The minimum Gasteiger partial charge on any atom is -0.487 e. The molecule has 1 aliphatic rings. The number of aromatic nitrogens is 4. The molecule has 0 amide bonds. The molecular weight excluding hydrogens is 637 g/mol. The molecule has 3 aromatic carbocycles. The number of benzene rings is 3.